The molecule has 31 nitrogen and oxygen atoms in total. The van der Waals surface area contributed by atoms with E-state index in [0.717, 1.165) is 0 Å². The highest BCUT2D eigenvalue weighted by Gasteiger charge is 2.55. The van der Waals surface area contributed by atoms with E-state index in [2.05, 4.69) is 0 Å². The highest BCUT2D eigenvalue weighted by atomic mass is 16.8. The lowest BCUT2D eigenvalue weighted by Gasteiger charge is -2.47. The Bertz CT molecular complexity index is 1500. The van der Waals surface area contributed by atoms with Gasteiger partial charge in [0.25, 0.3) is 0 Å². The van der Waals surface area contributed by atoms with Crippen LogP contribution < -0.4 is 0 Å². The van der Waals surface area contributed by atoms with E-state index < -0.39 is 224 Å². The minimum Gasteiger partial charge on any atom is -0.394 e. The third kappa shape index (κ3) is 11.7. The molecule has 6 heterocycles. The van der Waals surface area contributed by atoms with Crippen molar-refractivity contribution >= 4 is 0 Å². The highest BCUT2D eigenvalue weighted by Crippen LogP contribution is 2.34. The molecule has 0 amide bonds. The van der Waals surface area contributed by atoms with Crippen LogP contribution in [0.25, 0.3) is 0 Å². The van der Waals surface area contributed by atoms with Crippen LogP contribution in [0.3, 0.4) is 0 Å². The molecular formula is C36H62O31. The monoisotopic (exact) mass is 990 g/mol. The van der Waals surface area contributed by atoms with Crippen molar-refractivity contribution in [1.29, 1.82) is 0 Å². The summed E-state index contributed by atoms with van der Waals surface area (Å²) in [6.45, 7) is -5.16. The topological polar surface area (TPSA) is 506 Å². The zero-order valence-electron chi connectivity index (χ0n) is 35.0. The third-order valence-corrected chi connectivity index (χ3v) is 12.3. The summed E-state index contributed by atoms with van der Waals surface area (Å²) in [7, 11) is 0. The number of ether oxygens (including phenoxy) is 11. The molecular weight excluding hydrogens is 928 g/mol. The minimum absolute atomic E-state index is 0.816. The van der Waals surface area contributed by atoms with Crippen molar-refractivity contribution in [2.24, 2.45) is 0 Å². The Morgan fingerprint density at radius 2 is 0.672 bits per heavy atom. The van der Waals surface area contributed by atoms with Gasteiger partial charge in [-0.15, -0.1) is 0 Å². The van der Waals surface area contributed by atoms with Gasteiger partial charge >= 0.3 is 0 Å². The summed E-state index contributed by atoms with van der Waals surface area (Å²) in [5.74, 6) is 0. The fourth-order valence-electron chi connectivity index (χ4n) is 8.22. The first-order valence-corrected chi connectivity index (χ1v) is 21.1. The number of aliphatic hydroxyl groups excluding tert-OH is 20. The molecule has 0 spiro atoms. The van der Waals surface area contributed by atoms with Crippen molar-refractivity contribution in [2.75, 3.05) is 39.6 Å². The number of hydrogen-bond acceptors (Lipinski definition) is 31. The molecule has 6 saturated heterocycles. The maximum Gasteiger partial charge on any atom is 0.187 e. The Morgan fingerprint density at radius 3 is 1.12 bits per heavy atom. The fraction of sp³-hybridized carbons (Fsp3) is 1.00. The summed E-state index contributed by atoms with van der Waals surface area (Å²) in [6.07, 6.45) is -55.8. The molecule has 0 bridgehead atoms. The average Bonchev–Trinajstić information content (AvgIpc) is 3.59. The first kappa shape index (κ1) is 55.1. The molecule has 392 valence electrons. The molecule has 0 aromatic carbocycles. The zero-order chi connectivity index (χ0) is 49.3. The second-order valence-corrected chi connectivity index (χ2v) is 16.9. The number of rotatable bonds is 17. The Balaban J connectivity index is 1.12. The highest BCUT2D eigenvalue weighted by molar-refractivity contribution is 4.98. The first-order chi connectivity index (χ1) is 31.6. The van der Waals surface area contributed by atoms with Crippen molar-refractivity contribution in [3.05, 3.63) is 0 Å². The first-order valence-electron chi connectivity index (χ1n) is 21.1. The molecule has 0 aromatic heterocycles. The zero-order valence-corrected chi connectivity index (χ0v) is 35.0. The lowest BCUT2D eigenvalue weighted by molar-refractivity contribution is -0.371. The molecule has 6 aliphatic heterocycles. The van der Waals surface area contributed by atoms with E-state index in [0.29, 0.717) is 0 Å². The van der Waals surface area contributed by atoms with Gasteiger partial charge in [0.1, 0.15) is 146 Å². The van der Waals surface area contributed by atoms with Gasteiger partial charge in [0.2, 0.25) is 0 Å². The van der Waals surface area contributed by atoms with Gasteiger partial charge in [-0.3, -0.25) is 0 Å². The second-order valence-electron chi connectivity index (χ2n) is 16.9. The van der Waals surface area contributed by atoms with E-state index in [1.165, 1.54) is 0 Å². The maximum absolute atomic E-state index is 11.4. The molecule has 30 atom stereocenters. The van der Waals surface area contributed by atoms with Gasteiger partial charge in [0.05, 0.1) is 39.6 Å². The summed E-state index contributed by atoms with van der Waals surface area (Å²) in [5.41, 5.74) is 0. The second kappa shape index (κ2) is 23.5. The third-order valence-electron chi connectivity index (χ3n) is 12.3. The lowest BCUT2D eigenvalue weighted by Crippen LogP contribution is -2.65. The van der Waals surface area contributed by atoms with Crippen LogP contribution in [0.2, 0.25) is 0 Å². The smallest absolute Gasteiger partial charge is 0.187 e. The van der Waals surface area contributed by atoms with E-state index in [-0.39, 0.29) is 0 Å². The quantitative estimate of drug-likeness (QED) is 0.0643. The summed E-state index contributed by atoms with van der Waals surface area (Å²) in [6, 6.07) is 0. The van der Waals surface area contributed by atoms with E-state index in [9.17, 15) is 102 Å². The Morgan fingerprint density at radius 1 is 0.328 bits per heavy atom. The fourth-order valence-corrected chi connectivity index (χ4v) is 8.22. The van der Waals surface area contributed by atoms with Gasteiger partial charge in [-0.05, 0) is 0 Å². The van der Waals surface area contributed by atoms with Crippen molar-refractivity contribution in [3.63, 3.8) is 0 Å². The standard InChI is InChI=1S/C36H62O31/c37-1-8-13(41)18(46)22(50)33(60-8)58-6-12-17(45)29(66-35-24(52)19(47)14(42)9(2-38)61-35)27(55)34(64-12)59-5-11-16(44)21(49)23(51)32(63-11)57-4-7(40)28-30(26(54)31(56)65-28)67-36-25(53)20(48)15(43)10(3-39)62-36/h7-56H,1-6H2/t7-,8-,9-,10-,11-,12-,13-,14-,15-,16-,17-,18+,19+,20+,21+,22-,23-,24-,25-,26-,27-,28-,29-,30-,31+,32-,33-,34-,35+,36+/m1/s1. The largest absolute Gasteiger partial charge is 0.394 e. The summed E-state index contributed by atoms with van der Waals surface area (Å²) >= 11 is 0. The van der Waals surface area contributed by atoms with E-state index in [4.69, 9.17) is 52.1 Å². The molecule has 0 aromatic rings. The predicted molar refractivity (Wildman–Crippen MR) is 199 cm³/mol. The molecule has 0 radical (unpaired) electrons. The van der Waals surface area contributed by atoms with Crippen LogP contribution in [-0.4, -0.2) is 326 Å². The summed E-state index contributed by atoms with van der Waals surface area (Å²) < 4.78 is 60.3. The molecule has 0 unspecified atom stereocenters. The van der Waals surface area contributed by atoms with Gasteiger partial charge in [-0.1, -0.05) is 0 Å². The Hall–Kier alpha value is -1.24. The van der Waals surface area contributed by atoms with E-state index in [1.54, 1.807) is 0 Å². The van der Waals surface area contributed by atoms with Gasteiger partial charge in [-0.25, -0.2) is 0 Å². The van der Waals surface area contributed by atoms with Crippen LogP contribution in [0, 0.1) is 0 Å². The lowest BCUT2D eigenvalue weighted by atomic mass is 9.96. The van der Waals surface area contributed by atoms with Gasteiger partial charge in [0, 0.05) is 0 Å². The predicted octanol–water partition coefficient (Wildman–Crippen LogP) is -14.1. The normalized spacial score (nSPS) is 52.6. The van der Waals surface area contributed by atoms with Gasteiger partial charge < -0.3 is 154 Å². The van der Waals surface area contributed by atoms with Gasteiger partial charge in [-0.2, -0.15) is 0 Å². The maximum atomic E-state index is 11.4. The molecule has 67 heavy (non-hydrogen) atoms. The summed E-state index contributed by atoms with van der Waals surface area (Å²) in [5, 5.41) is 208. The van der Waals surface area contributed by atoms with Crippen LogP contribution >= 0.6 is 0 Å². The van der Waals surface area contributed by atoms with Crippen LogP contribution in [-0.2, 0) is 52.1 Å². The Kier molecular flexibility index (Phi) is 19.4. The van der Waals surface area contributed by atoms with Crippen molar-refractivity contribution in [1.82, 2.24) is 0 Å². The van der Waals surface area contributed by atoms with Gasteiger partial charge in [0.15, 0.2) is 37.7 Å². The Labute approximate surface area is 378 Å². The van der Waals surface area contributed by atoms with Crippen molar-refractivity contribution in [3.8, 4) is 0 Å². The molecule has 0 saturated carbocycles. The molecule has 6 rings (SSSR count). The molecule has 0 aliphatic carbocycles. The molecule has 6 aliphatic rings. The summed E-state index contributed by atoms with van der Waals surface area (Å²) in [4.78, 5) is 0. The number of hydrogen-bond donors (Lipinski definition) is 20. The average molecular weight is 991 g/mol. The van der Waals surface area contributed by atoms with Crippen LogP contribution in [0.5, 0.6) is 0 Å². The SMILES string of the molecule is OC[C@H]1O[C@@H](OC[C@H]2O[C@@H](OC[C@H]3O[C@@H](OC[C@@H](O)[C@H]4O[C@H](O)[C@H](O)[C@H]4O[C@@H]4O[C@H](CO)[C@@H](O)[C@H](O)[C@H]4O)[C@H](O)[C@@H](O)[C@@H]3O)[C@H](O)[C@H](O[C@@H]3O[C@H](CO)[C@@H](O)[C@H](O)[C@H]3O)[C@@H]2O)[C@H](O)[C@@H](O)[C@@H]1O. The van der Waals surface area contributed by atoms with E-state index in [1.807, 2.05) is 0 Å². The van der Waals surface area contributed by atoms with Crippen LogP contribution in [0.15, 0.2) is 0 Å². The minimum atomic E-state index is -2.11. The molecule has 31 heteroatoms. The molecule has 6 fully saturated rings. The van der Waals surface area contributed by atoms with Crippen molar-refractivity contribution in [2.45, 2.75) is 184 Å². The van der Waals surface area contributed by atoms with E-state index >= 15 is 0 Å². The number of aliphatic hydroxyl groups is 20. The van der Waals surface area contributed by atoms with Crippen molar-refractivity contribution < 1.29 is 154 Å². The van der Waals surface area contributed by atoms with Crippen LogP contribution in [0.1, 0.15) is 0 Å². The van der Waals surface area contributed by atoms with Crippen LogP contribution in [0.4, 0.5) is 0 Å². The molecule has 20 N–H and O–H groups in total.